The van der Waals surface area contributed by atoms with Gasteiger partial charge in [-0.1, -0.05) is 24.3 Å². The van der Waals surface area contributed by atoms with Crippen LogP contribution < -0.4 is 5.32 Å². The van der Waals surface area contributed by atoms with Crippen molar-refractivity contribution >= 4 is 17.0 Å². The van der Waals surface area contributed by atoms with E-state index in [1.807, 2.05) is 32.0 Å². The van der Waals surface area contributed by atoms with Crippen LogP contribution in [-0.2, 0) is 0 Å². The molecule has 1 unspecified atom stereocenters. The van der Waals surface area contributed by atoms with Crippen LogP contribution in [0.25, 0.3) is 11.3 Å². The summed E-state index contributed by atoms with van der Waals surface area (Å²) >= 11 is 1.65. The number of hydrogen-bond donors (Lipinski definition) is 1. The monoisotopic (exact) mass is 312 g/mol. The minimum absolute atomic E-state index is 0.0445. The van der Waals surface area contributed by atoms with E-state index >= 15 is 0 Å². The fraction of sp³-hybridized carbons (Fsp3) is 0.167. The third kappa shape index (κ3) is 3.34. The highest BCUT2D eigenvalue weighted by Gasteiger charge is 2.07. The molecule has 0 amide bonds. The average molecular weight is 312 g/mol. The van der Waals surface area contributed by atoms with Crippen LogP contribution in [0.5, 0.6) is 0 Å². The molecule has 1 heterocycles. The summed E-state index contributed by atoms with van der Waals surface area (Å²) in [5.41, 5.74) is 4.05. The fourth-order valence-corrected chi connectivity index (χ4v) is 2.96. The molecule has 0 spiro atoms. The van der Waals surface area contributed by atoms with Gasteiger partial charge in [-0.25, -0.2) is 9.37 Å². The Bertz CT molecular complexity index is 765. The van der Waals surface area contributed by atoms with Crippen LogP contribution in [0.15, 0.2) is 53.9 Å². The highest BCUT2D eigenvalue weighted by atomic mass is 32.1. The van der Waals surface area contributed by atoms with Gasteiger partial charge < -0.3 is 5.32 Å². The summed E-state index contributed by atoms with van der Waals surface area (Å²) < 4.78 is 13.3. The largest absolute Gasteiger partial charge is 0.379 e. The maximum Gasteiger partial charge on any atom is 0.123 e. The zero-order valence-corrected chi connectivity index (χ0v) is 13.3. The van der Waals surface area contributed by atoms with Gasteiger partial charge in [0.05, 0.1) is 10.7 Å². The zero-order chi connectivity index (χ0) is 15.5. The van der Waals surface area contributed by atoms with Crippen LogP contribution in [0.1, 0.15) is 23.5 Å². The molecule has 0 aliphatic heterocycles. The summed E-state index contributed by atoms with van der Waals surface area (Å²) in [6.07, 6.45) is 0. The van der Waals surface area contributed by atoms with Crippen LogP contribution in [0.3, 0.4) is 0 Å². The van der Waals surface area contributed by atoms with Gasteiger partial charge in [0, 0.05) is 22.7 Å². The summed E-state index contributed by atoms with van der Waals surface area (Å²) in [7, 11) is 0. The van der Waals surface area contributed by atoms with Crippen molar-refractivity contribution < 1.29 is 4.39 Å². The van der Waals surface area contributed by atoms with Crippen molar-refractivity contribution in [3.8, 4) is 11.3 Å². The number of rotatable bonds is 4. The minimum Gasteiger partial charge on any atom is -0.379 e. The third-order valence-corrected chi connectivity index (χ3v) is 4.31. The van der Waals surface area contributed by atoms with Gasteiger partial charge in [-0.2, -0.15) is 0 Å². The molecule has 2 nitrogen and oxygen atoms in total. The first-order chi connectivity index (χ1) is 10.6. The number of nitrogens with one attached hydrogen (secondary N) is 1. The molecule has 0 aliphatic carbocycles. The smallest absolute Gasteiger partial charge is 0.123 e. The fourth-order valence-electron chi connectivity index (χ4n) is 2.34. The molecule has 2 aromatic carbocycles. The minimum atomic E-state index is -0.208. The lowest BCUT2D eigenvalue weighted by Crippen LogP contribution is -2.06. The topological polar surface area (TPSA) is 24.9 Å². The first kappa shape index (κ1) is 14.7. The number of thiazole rings is 1. The quantitative estimate of drug-likeness (QED) is 0.694. The van der Waals surface area contributed by atoms with Crippen LogP contribution >= 0.6 is 11.3 Å². The Kier molecular flexibility index (Phi) is 4.20. The predicted octanol–water partition coefficient (Wildman–Crippen LogP) is 5.43. The summed E-state index contributed by atoms with van der Waals surface area (Å²) in [6, 6.07) is 14.9. The second-order valence-electron chi connectivity index (χ2n) is 5.25. The number of nitrogens with zero attached hydrogens (tertiary/aromatic N) is 1. The zero-order valence-electron chi connectivity index (χ0n) is 12.5. The van der Waals surface area contributed by atoms with Crippen LogP contribution in [0, 0.1) is 12.7 Å². The Morgan fingerprint density at radius 3 is 2.55 bits per heavy atom. The number of halogens is 1. The lowest BCUT2D eigenvalue weighted by molar-refractivity contribution is 0.623. The van der Waals surface area contributed by atoms with E-state index in [0.29, 0.717) is 0 Å². The number of benzene rings is 2. The molecule has 4 heteroatoms. The predicted molar refractivity (Wildman–Crippen MR) is 90.7 cm³/mol. The molecule has 22 heavy (non-hydrogen) atoms. The summed E-state index contributed by atoms with van der Waals surface area (Å²) in [4.78, 5) is 4.49. The number of anilines is 1. The maximum absolute atomic E-state index is 13.3. The SMILES string of the molecule is Cc1nc(-c2ccc(NC(C)c3cccc(F)c3)cc2)cs1. The number of hydrogen-bond acceptors (Lipinski definition) is 3. The van der Waals surface area contributed by atoms with Gasteiger partial charge in [-0.05, 0) is 43.7 Å². The molecule has 0 bridgehead atoms. The molecule has 3 rings (SSSR count). The molecule has 0 radical (unpaired) electrons. The van der Waals surface area contributed by atoms with Crippen molar-refractivity contribution in [1.82, 2.24) is 4.98 Å². The van der Waals surface area contributed by atoms with Crippen molar-refractivity contribution in [3.05, 3.63) is 70.3 Å². The molecule has 0 saturated heterocycles. The standard InChI is InChI=1S/C18H17FN2S/c1-12(15-4-3-5-16(19)10-15)20-17-8-6-14(7-9-17)18-11-22-13(2)21-18/h3-12,20H,1-2H3. The van der Waals surface area contributed by atoms with E-state index in [2.05, 4.69) is 27.8 Å². The Morgan fingerprint density at radius 1 is 1.14 bits per heavy atom. The van der Waals surface area contributed by atoms with Gasteiger partial charge in [0.2, 0.25) is 0 Å². The maximum atomic E-state index is 13.3. The molecule has 1 aromatic heterocycles. The number of aromatic nitrogens is 1. The Balaban J connectivity index is 1.73. The van der Waals surface area contributed by atoms with Crippen molar-refractivity contribution in [1.29, 1.82) is 0 Å². The second-order valence-corrected chi connectivity index (χ2v) is 6.31. The van der Waals surface area contributed by atoms with Crippen molar-refractivity contribution in [3.63, 3.8) is 0 Å². The van der Waals surface area contributed by atoms with Crippen LogP contribution in [0.2, 0.25) is 0 Å². The lowest BCUT2D eigenvalue weighted by atomic mass is 10.1. The molecule has 3 aromatic rings. The summed E-state index contributed by atoms with van der Waals surface area (Å²) in [6.45, 7) is 4.03. The van der Waals surface area contributed by atoms with Gasteiger partial charge in [0.25, 0.3) is 0 Å². The Labute approximate surface area is 133 Å². The van der Waals surface area contributed by atoms with Crippen molar-refractivity contribution in [2.24, 2.45) is 0 Å². The van der Waals surface area contributed by atoms with Gasteiger partial charge in [-0.3, -0.25) is 0 Å². The molecular formula is C18H17FN2S. The van der Waals surface area contributed by atoms with E-state index in [0.717, 1.165) is 27.5 Å². The second kappa shape index (κ2) is 6.28. The van der Waals surface area contributed by atoms with Gasteiger partial charge in [-0.15, -0.1) is 11.3 Å². The van der Waals surface area contributed by atoms with Crippen molar-refractivity contribution in [2.75, 3.05) is 5.32 Å². The molecule has 0 fully saturated rings. The number of aryl methyl sites for hydroxylation is 1. The molecule has 1 N–H and O–H groups in total. The summed E-state index contributed by atoms with van der Waals surface area (Å²) in [5, 5.41) is 6.51. The molecular weight excluding hydrogens is 295 g/mol. The van der Waals surface area contributed by atoms with Crippen LogP contribution in [-0.4, -0.2) is 4.98 Å². The first-order valence-corrected chi connectivity index (χ1v) is 8.04. The third-order valence-electron chi connectivity index (χ3n) is 3.53. The Morgan fingerprint density at radius 2 is 1.91 bits per heavy atom. The van der Waals surface area contributed by atoms with E-state index in [4.69, 9.17) is 0 Å². The first-order valence-electron chi connectivity index (χ1n) is 7.16. The molecule has 112 valence electrons. The van der Waals surface area contributed by atoms with E-state index in [9.17, 15) is 4.39 Å². The Hall–Kier alpha value is -2.20. The van der Waals surface area contributed by atoms with E-state index in [-0.39, 0.29) is 11.9 Å². The van der Waals surface area contributed by atoms with Gasteiger partial charge in [0.15, 0.2) is 0 Å². The van der Waals surface area contributed by atoms with Crippen LogP contribution in [0.4, 0.5) is 10.1 Å². The van der Waals surface area contributed by atoms with Gasteiger partial charge >= 0.3 is 0 Å². The van der Waals surface area contributed by atoms with E-state index in [1.165, 1.54) is 6.07 Å². The molecule has 1 atom stereocenters. The van der Waals surface area contributed by atoms with Crippen molar-refractivity contribution in [2.45, 2.75) is 19.9 Å². The molecule has 0 saturated carbocycles. The summed E-state index contributed by atoms with van der Waals surface area (Å²) in [5.74, 6) is -0.208. The molecule has 0 aliphatic rings. The van der Waals surface area contributed by atoms with Gasteiger partial charge in [0.1, 0.15) is 5.82 Å². The average Bonchev–Trinajstić information content (AvgIpc) is 2.94. The lowest BCUT2D eigenvalue weighted by Gasteiger charge is -2.16. The van der Waals surface area contributed by atoms with E-state index < -0.39 is 0 Å². The highest BCUT2D eigenvalue weighted by molar-refractivity contribution is 7.09. The normalized spacial score (nSPS) is 12.1. The highest BCUT2D eigenvalue weighted by Crippen LogP contribution is 2.25. The van der Waals surface area contributed by atoms with E-state index in [1.54, 1.807) is 23.5 Å².